The first-order valence-corrected chi connectivity index (χ1v) is 6.53. The molecule has 2 heterocycles. The molecule has 2 aliphatic rings. The Labute approximate surface area is 112 Å². The first-order valence-electron chi connectivity index (χ1n) is 6.00. The molecule has 2 saturated heterocycles. The predicted molar refractivity (Wildman–Crippen MR) is 66.6 cm³/mol. The number of nitrogens with one attached hydrogen (secondary N) is 1. The van der Waals surface area contributed by atoms with Crippen LogP contribution in [0.3, 0.4) is 0 Å². The maximum absolute atomic E-state index is 11.1. The van der Waals surface area contributed by atoms with E-state index in [2.05, 4.69) is 5.32 Å². The smallest absolute Gasteiger partial charge is 0.248 e. The molecule has 6 nitrogen and oxygen atoms in total. The van der Waals surface area contributed by atoms with Crippen molar-refractivity contribution in [2.45, 2.75) is 6.42 Å². The SMILES string of the molecule is O=C1COCCN1.O=C1COCCN1CCCCl. The van der Waals surface area contributed by atoms with E-state index in [1.165, 1.54) is 0 Å². The summed E-state index contributed by atoms with van der Waals surface area (Å²) in [7, 11) is 0. The van der Waals surface area contributed by atoms with E-state index in [-0.39, 0.29) is 25.0 Å². The normalized spacial score (nSPS) is 19.9. The number of rotatable bonds is 3. The van der Waals surface area contributed by atoms with Gasteiger partial charge in [0.15, 0.2) is 0 Å². The van der Waals surface area contributed by atoms with Crippen molar-refractivity contribution in [2.24, 2.45) is 0 Å². The third-order valence-corrected chi connectivity index (χ3v) is 2.71. The van der Waals surface area contributed by atoms with Crippen molar-refractivity contribution in [3.63, 3.8) is 0 Å². The van der Waals surface area contributed by atoms with Crippen molar-refractivity contribution < 1.29 is 19.1 Å². The van der Waals surface area contributed by atoms with Crippen molar-refractivity contribution >= 4 is 23.4 Å². The van der Waals surface area contributed by atoms with Gasteiger partial charge >= 0.3 is 0 Å². The summed E-state index contributed by atoms with van der Waals surface area (Å²) in [6, 6.07) is 0. The van der Waals surface area contributed by atoms with Crippen molar-refractivity contribution in [1.29, 1.82) is 0 Å². The van der Waals surface area contributed by atoms with Gasteiger partial charge in [-0.05, 0) is 6.42 Å². The number of carbonyl (C=O) groups excluding carboxylic acids is 2. The highest BCUT2D eigenvalue weighted by Crippen LogP contribution is 2.00. The van der Waals surface area contributed by atoms with Gasteiger partial charge in [0.05, 0.1) is 13.2 Å². The van der Waals surface area contributed by atoms with Crippen LogP contribution in [-0.2, 0) is 19.1 Å². The fourth-order valence-corrected chi connectivity index (χ4v) is 1.64. The number of amides is 2. The maximum atomic E-state index is 11.1. The lowest BCUT2D eigenvalue weighted by atomic mass is 10.3. The minimum atomic E-state index is -0.00810. The Hall–Kier alpha value is -0.850. The molecule has 0 aromatic heterocycles. The quantitative estimate of drug-likeness (QED) is 0.714. The van der Waals surface area contributed by atoms with Crippen LogP contribution < -0.4 is 5.32 Å². The fraction of sp³-hybridized carbons (Fsp3) is 0.818. The summed E-state index contributed by atoms with van der Waals surface area (Å²) < 4.78 is 9.74. The van der Waals surface area contributed by atoms with Gasteiger partial charge in [0.25, 0.3) is 0 Å². The summed E-state index contributed by atoms with van der Waals surface area (Å²) in [6.07, 6.45) is 0.868. The molecule has 2 amide bonds. The molecule has 1 N–H and O–H groups in total. The Morgan fingerprint density at radius 1 is 1.22 bits per heavy atom. The van der Waals surface area contributed by atoms with E-state index in [4.69, 9.17) is 21.1 Å². The lowest BCUT2D eigenvalue weighted by molar-refractivity contribution is -0.142. The van der Waals surface area contributed by atoms with Crippen LogP contribution in [0, 0.1) is 0 Å². The molecule has 2 fully saturated rings. The minimum absolute atomic E-state index is 0.00810. The average molecular weight is 279 g/mol. The topological polar surface area (TPSA) is 67.9 Å². The first kappa shape index (κ1) is 15.2. The Bertz CT molecular complexity index is 268. The van der Waals surface area contributed by atoms with Crippen LogP contribution in [-0.4, -0.2) is 68.7 Å². The molecule has 0 bridgehead atoms. The lowest BCUT2D eigenvalue weighted by Gasteiger charge is -2.26. The number of hydrogen-bond acceptors (Lipinski definition) is 4. The van der Waals surface area contributed by atoms with E-state index in [0.29, 0.717) is 25.6 Å². The molecule has 2 aliphatic heterocycles. The average Bonchev–Trinajstić information content (AvgIpc) is 2.39. The van der Waals surface area contributed by atoms with Crippen molar-refractivity contribution in [1.82, 2.24) is 10.2 Å². The molecule has 0 unspecified atom stereocenters. The van der Waals surface area contributed by atoms with E-state index >= 15 is 0 Å². The zero-order valence-corrected chi connectivity index (χ0v) is 11.1. The number of nitrogens with zero attached hydrogens (tertiary/aromatic N) is 1. The highest BCUT2D eigenvalue weighted by molar-refractivity contribution is 6.17. The van der Waals surface area contributed by atoms with Crippen molar-refractivity contribution in [3.8, 4) is 0 Å². The molecular formula is C11H19ClN2O4. The molecule has 0 radical (unpaired) electrons. The number of alkyl halides is 1. The molecular weight excluding hydrogens is 260 g/mol. The monoisotopic (exact) mass is 278 g/mol. The summed E-state index contributed by atoms with van der Waals surface area (Å²) in [5, 5.41) is 2.62. The van der Waals surface area contributed by atoms with Gasteiger partial charge in [-0.25, -0.2) is 0 Å². The Balaban J connectivity index is 0.000000199. The molecule has 0 aromatic rings. The van der Waals surface area contributed by atoms with Gasteiger partial charge in [0.1, 0.15) is 13.2 Å². The predicted octanol–water partition coefficient (Wildman–Crippen LogP) is -0.393. The van der Waals surface area contributed by atoms with Gasteiger partial charge in [0.2, 0.25) is 11.8 Å². The standard InChI is InChI=1S/C7H12ClNO2.C4H7NO2/c8-2-1-3-9-4-5-11-6-7(9)10;6-4-3-7-2-1-5-4/h1-6H2;1-3H2,(H,5,6). The number of hydrogen-bond donors (Lipinski definition) is 1. The van der Waals surface area contributed by atoms with Gasteiger partial charge < -0.3 is 19.7 Å². The second kappa shape index (κ2) is 9.13. The van der Waals surface area contributed by atoms with Crippen molar-refractivity contribution in [2.75, 3.05) is 51.9 Å². The molecule has 0 atom stereocenters. The third kappa shape index (κ3) is 6.18. The van der Waals surface area contributed by atoms with Gasteiger partial charge in [-0.1, -0.05) is 0 Å². The van der Waals surface area contributed by atoms with Gasteiger partial charge in [-0.2, -0.15) is 0 Å². The second-order valence-electron chi connectivity index (χ2n) is 3.88. The molecule has 2 rings (SSSR count). The zero-order valence-electron chi connectivity index (χ0n) is 10.3. The highest BCUT2D eigenvalue weighted by atomic mass is 35.5. The molecule has 0 saturated carbocycles. The largest absolute Gasteiger partial charge is 0.370 e. The Kier molecular flexibility index (Phi) is 7.71. The van der Waals surface area contributed by atoms with E-state index in [0.717, 1.165) is 19.5 Å². The van der Waals surface area contributed by atoms with Crippen LogP contribution in [0.2, 0.25) is 0 Å². The van der Waals surface area contributed by atoms with Crippen molar-refractivity contribution in [3.05, 3.63) is 0 Å². The molecule has 0 aromatic carbocycles. The van der Waals surface area contributed by atoms with Crippen LogP contribution >= 0.6 is 11.6 Å². The van der Waals surface area contributed by atoms with E-state index in [1.54, 1.807) is 4.90 Å². The fourth-order valence-electron chi connectivity index (χ4n) is 1.52. The van der Waals surface area contributed by atoms with Crippen LogP contribution in [0.1, 0.15) is 6.42 Å². The summed E-state index contributed by atoms with van der Waals surface area (Å²) in [5.41, 5.74) is 0. The number of halogens is 1. The molecule has 0 aliphatic carbocycles. The van der Waals surface area contributed by atoms with Crippen LogP contribution in [0.5, 0.6) is 0 Å². The summed E-state index contributed by atoms with van der Waals surface area (Å²) in [6.45, 7) is 3.95. The van der Waals surface area contributed by atoms with Crippen LogP contribution in [0.25, 0.3) is 0 Å². The molecule has 18 heavy (non-hydrogen) atoms. The Morgan fingerprint density at radius 3 is 2.50 bits per heavy atom. The van der Waals surface area contributed by atoms with Gasteiger partial charge in [-0.3, -0.25) is 9.59 Å². The van der Waals surface area contributed by atoms with E-state index in [9.17, 15) is 9.59 Å². The third-order valence-electron chi connectivity index (χ3n) is 2.45. The van der Waals surface area contributed by atoms with Crippen LogP contribution in [0.4, 0.5) is 0 Å². The zero-order chi connectivity index (χ0) is 13.2. The first-order chi connectivity index (χ1) is 8.74. The van der Waals surface area contributed by atoms with Gasteiger partial charge in [0, 0.05) is 25.5 Å². The Morgan fingerprint density at radius 2 is 2.00 bits per heavy atom. The lowest BCUT2D eigenvalue weighted by Crippen LogP contribution is -2.42. The highest BCUT2D eigenvalue weighted by Gasteiger charge is 2.16. The summed E-state index contributed by atoms with van der Waals surface area (Å²) in [4.78, 5) is 23.1. The maximum Gasteiger partial charge on any atom is 0.248 e. The molecule has 0 spiro atoms. The van der Waals surface area contributed by atoms with E-state index in [1.807, 2.05) is 0 Å². The number of ether oxygens (including phenoxy) is 2. The summed E-state index contributed by atoms with van der Waals surface area (Å²) >= 11 is 5.50. The number of carbonyl (C=O) groups is 2. The summed E-state index contributed by atoms with van der Waals surface area (Å²) in [5.74, 6) is 0.692. The molecule has 104 valence electrons. The minimum Gasteiger partial charge on any atom is -0.370 e. The molecule has 7 heteroatoms. The second-order valence-corrected chi connectivity index (χ2v) is 4.26. The van der Waals surface area contributed by atoms with Crippen LogP contribution in [0.15, 0.2) is 0 Å². The number of morpholine rings is 2. The van der Waals surface area contributed by atoms with E-state index < -0.39 is 0 Å². The van der Waals surface area contributed by atoms with Gasteiger partial charge in [-0.15, -0.1) is 11.6 Å².